The topological polar surface area (TPSA) is 62.1 Å². The van der Waals surface area contributed by atoms with Gasteiger partial charge < -0.3 is 10.1 Å². The largest absolute Gasteiger partial charge is 0.497 e. The van der Waals surface area contributed by atoms with Gasteiger partial charge in [-0.2, -0.15) is 5.26 Å². The molecular formula is C22H18N2O2S. The van der Waals surface area contributed by atoms with E-state index in [1.54, 1.807) is 19.2 Å². The Morgan fingerprint density at radius 2 is 1.78 bits per heavy atom. The van der Waals surface area contributed by atoms with Crippen molar-refractivity contribution < 1.29 is 9.53 Å². The fourth-order valence-corrected chi connectivity index (χ4v) is 3.59. The first-order valence-corrected chi connectivity index (χ1v) is 9.20. The summed E-state index contributed by atoms with van der Waals surface area (Å²) < 4.78 is 5.21. The van der Waals surface area contributed by atoms with Crippen LogP contribution in [0.5, 0.6) is 5.75 Å². The minimum absolute atomic E-state index is 0.157. The fraction of sp³-hybridized carbons (Fsp3) is 0.0909. The normalized spacial score (nSPS) is 10.1. The Balaban J connectivity index is 1.76. The molecule has 1 N–H and O–H groups in total. The Hall–Kier alpha value is -3.23. The molecule has 0 fully saturated rings. The molecule has 134 valence electrons. The van der Waals surface area contributed by atoms with Gasteiger partial charge in [0.05, 0.1) is 18.2 Å². The molecule has 3 aromatic rings. The van der Waals surface area contributed by atoms with Gasteiger partial charge in [0, 0.05) is 16.3 Å². The first kappa shape index (κ1) is 18.6. The third kappa shape index (κ3) is 4.69. The quantitative estimate of drug-likeness (QED) is 0.682. The summed E-state index contributed by atoms with van der Waals surface area (Å²) in [6.07, 6.45) is 0. The fourth-order valence-electron chi connectivity index (χ4n) is 2.57. The molecule has 0 aliphatic heterocycles. The van der Waals surface area contributed by atoms with Crippen LogP contribution in [0.1, 0.15) is 21.5 Å². The lowest BCUT2D eigenvalue weighted by molar-refractivity contribution is 0.0948. The predicted molar refractivity (Wildman–Crippen MR) is 106 cm³/mol. The molecule has 0 saturated carbocycles. The average Bonchev–Trinajstić information content (AvgIpc) is 2.73. The highest BCUT2D eigenvalue weighted by molar-refractivity contribution is 7.99. The Morgan fingerprint density at radius 3 is 2.56 bits per heavy atom. The second-order valence-corrected chi connectivity index (χ2v) is 6.82. The summed E-state index contributed by atoms with van der Waals surface area (Å²) in [7, 11) is 1.62. The molecule has 0 bridgehead atoms. The van der Waals surface area contributed by atoms with Gasteiger partial charge in [-0.15, -0.1) is 0 Å². The number of methoxy groups -OCH3 is 1. The van der Waals surface area contributed by atoms with Crippen LogP contribution in [-0.4, -0.2) is 13.0 Å². The van der Waals surface area contributed by atoms with E-state index in [-0.39, 0.29) is 5.91 Å². The summed E-state index contributed by atoms with van der Waals surface area (Å²) in [4.78, 5) is 14.4. The van der Waals surface area contributed by atoms with E-state index >= 15 is 0 Å². The minimum Gasteiger partial charge on any atom is -0.497 e. The second kappa shape index (κ2) is 8.93. The first-order chi connectivity index (χ1) is 13.2. The Kier molecular flexibility index (Phi) is 6.14. The van der Waals surface area contributed by atoms with E-state index in [0.717, 1.165) is 21.1 Å². The van der Waals surface area contributed by atoms with Crippen molar-refractivity contribution in [3.63, 3.8) is 0 Å². The molecule has 27 heavy (non-hydrogen) atoms. The summed E-state index contributed by atoms with van der Waals surface area (Å²) >= 11 is 1.42. The molecular weight excluding hydrogens is 356 g/mol. The average molecular weight is 374 g/mol. The monoisotopic (exact) mass is 374 g/mol. The maximum atomic E-state index is 12.7. The molecule has 1 amide bonds. The third-order valence-electron chi connectivity index (χ3n) is 3.95. The number of amides is 1. The predicted octanol–water partition coefficient (Wildman–Crippen LogP) is 4.65. The molecule has 0 unspecified atom stereocenters. The van der Waals surface area contributed by atoms with Gasteiger partial charge in [-0.3, -0.25) is 4.79 Å². The van der Waals surface area contributed by atoms with Crippen molar-refractivity contribution in [1.82, 2.24) is 5.32 Å². The molecule has 3 rings (SSSR count). The van der Waals surface area contributed by atoms with Crippen LogP contribution < -0.4 is 10.1 Å². The van der Waals surface area contributed by atoms with E-state index in [0.29, 0.717) is 17.7 Å². The summed E-state index contributed by atoms with van der Waals surface area (Å²) in [5.74, 6) is 0.598. The molecule has 0 heterocycles. The van der Waals surface area contributed by atoms with Crippen molar-refractivity contribution in [2.45, 2.75) is 16.3 Å². The molecule has 0 aliphatic rings. The summed E-state index contributed by atoms with van der Waals surface area (Å²) in [6, 6.07) is 24.5. The van der Waals surface area contributed by atoms with Crippen molar-refractivity contribution in [2.75, 3.05) is 7.11 Å². The van der Waals surface area contributed by atoms with Gasteiger partial charge in [-0.05, 0) is 42.0 Å². The van der Waals surface area contributed by atoms with Crippen LogP contribution >= 0.6 is 11.8 Å². The Bertz CT molecular complexity index is 995. The van der Waals surface area contributed by atoms with Crippen LogP contribution in [0.3, 0.4) is 0 Å². The highest BCUT2D eigenvalue weighted by Crippen LogP contribution is 2.32. The van der Waals surface area contributed by atoms with Gasteiger partial charge in [0.2, 0.25) is 0 Å². The maximum absolute atomic E-state index is 12.7. The van der Waals surface area contributed by atoms with Gasteiger partial charge in [-0.25, -0.2) is 0 Å². The highest BCUT2D eigenvalue weighted by atomic mass is 32.2. The lowest BCUT2D eigenvalue weighted by Gasteiger charge is -2.11. The number of nitrogens with zero attached hydrogens (tertiary/aromatic N) is 1. The lowest BCUT2D eigenvalue weighted by Crippen LogP contribution is -2.23. The van der Waals surface area contributed by atoms with Gasteiger partial charge in [0.1, 0.15) is 11.8 Å². The summed E-state index contributed by atoms with van der Waals surface area (Å²) in [5.41, 5.74) is 2.13. The van der Waals surface area contributed by atoms with E-state index in [9.17, 15) is 10.1 Å². The van der Waals surface area contributed by atoms with Crippen LogP contribution in [0.15, 0.2) is 82.6 Å². The lowest BCUT2D eigenvalue weighted by atomic mass is 10.2. The zero-order valence-corrected chi connectivity index (χ0v) is 15.6. The van der Waals surface area contributed by atoms with Gasteiger partial charge in [0.15, 0.2) is 0 Å². The molecule has 5 heteroatoms. The van der Waals surface area contributed by atoms with Crippen molar-refractivity contribution in [3.8, 4) is 11.8 Å². The van der Waals surface area contributed by atoms with Crippen LogP contribution in [0, 0.1) is 11.3 Å². The van der Waals surface area contributed by atoms with E-state index in [1.807, 2.05) is 60.7 Å². The van der Waals surface area contributed by atoms with E-state index in [4.69, 9.17) is 4.74 Å². The number of benzene rings is 3. The van der Waals surface area contributed by atoms with Crippen molar-refractivity contribution in [3.05, 3.63) is 89.5 Å². The van der Waals surface area contributed by atoms with Crippen molar-refractivity contribution in [2.24, 2.45) is 0 Å². The standard InChI is InChI=1S/C22H18N2O2S/c1-26-18-9-6-7-16(13-18)15-24-22(25)19-10-3-5-12-21(19)27-20-11-4-2-8-17(20)14-23/h2-13H,15H2,1H3,(H,24,25). The van der Waals surface area contributed by atoms with Gasteiger partial charge in [-0.1, -0.05) is 48.2 Å². The molecule has 0 aliphatic carbocycles. The van der Waals surface area contributed by atoms with Crippen LogP contribution in [-0.2, 0) is 6.54 Å². The summed E-state index contributed by atoms with van der Waals surface area (Å²) in [5, 5.41) is 12.2. The number of nitrogens with one attached hydrogen (secondary N) is 1. The number of carbonyl (C=O) groups is 1. The zero-order chi connectivity index (χ0) is 19.1. The minimum atomic E-state index is -0.157. The Labute approximate surface area is 162 Å². The molecule has 0 radical (unpaired) electrons. The number of hydrogen-bond acceptors (Lipinski definition) is 4. The van der Waals surface area contributed by atoms with Gasteiger partial charge in [0.25, 0.3) is 5.91 Å². The second-order valence-electron chi connectivity index (χ2n) is 5.74. The van der Waals surface area contributed by atoms with Crippen LogP contribution in [0.4, 0.5) is 0 Å². The number of ether oxygens (including phenoxy) is 1. The molecule has 0 saturated heterocycles. The Morgan fingerprint density at radius 1 is 1.04 bits per heavy atom. The SMILES string of the molecule is COc1cccc(CNC(=O)c2ccccc2Sc2ccccc2C#N)c1. The van der Waals surface area contributed by atoms with E-state index in [2.05, 4.69) is 11.4 Å². The number of nitriles is 1. The van der Waals surface area contributed by atoms with Crippen molar-refractivity contribution >= 4 is 17.7 Å². The summed E-state index contributed by atoms with van der Waals surface area (Å²) in [6.45, 7) is 0.407. The van der Waals surface area contributed by atoms with E-state index in [1.165, 1.54) is 11.8 Å². The van der Waals surface area contributed by atoms with Crippen molar-refractivity contribution in [1.29, 1.82) is 5.26 Å². The van der Waals surface area contributed by atoms with Crippen LogP contribution in [0.25, 0.3) is 0 Å². The molecule has 4 nitrogen and oxygen atoms in total. The third-order valence-corrected chi connectivity index (χ3v) is 5.10. The smallest absolute Gasteiger partial charge is 0.252 e. The molecule has 3 aromatic carbocycles. The van der Waals surface area contributed by atoms with Gasteiger partial charge >= 0.3 is 0 Å². The number of rotatable bonds is 6. The molecule has 0 atom stereocenters. The van der Waals surface area contributed by atoms with Crippen LogP contribution in [0.2, 0.25) is 0 Å². The molecule has 0 aromatic heterocycles. The van der Waals surface area contributed by atoms with E-state index < -0.39 is 0 Å². The number of carbonyl (C=O) groups excluding carboxylic acids is 1. The number of hydrogen-bond donors (Lipinski definition) is 1. The highest BCUT2D eigenvalue weighted by Gasteiger charge is 2.13. The maximum Gasteiger partial charge on any atom is 0.252 e. The first-order valence-electron chi connectivity index (χ1n) is 8.38. The zero-order valence-electron chi connectivity index (χ0n) is 14.8. The molecule has 0 spiro atoms.